The first kappa shape index (κ1) is 20.9. The quantitative estimate of drug-likeness (QED) is 0.288. The molecule has 0 aromatic heterocycles. The summed E-state index contributed by atoms with van der Waals surface area (Å²) in [5.74, 6) is -0.964. The number of likely N-dealkylation sites (tertiary alicyclic amines) is 1. The molecule has 3 N–H and O–H groups in total. The summed E-state index contributed by atoms with van der Waals surface area (Å²) in [6.45, 7) is 5.60. The van der Waals surface area contributed by atoms with E-state index in [0.717, 1.165) is 31.6 Å². The summed E-state index contributed by atoms with van der Waals surface area (Å²) in [6.07, 6.45) is 2.36. The fourth-order valence-electron chi connectivity index (χ4n) is 2.71. The van der Waals surface area contributed by atoms with Gasteiger partial charge in [-0.25, -0.2) is 8.78 Å². The molecule has 0 bridgehead atoms. The monoisotopic (exact) mass is 454 g/mol. The van der Waals surface area contributed by atoms with Crippen LogP contribution in [0.2, 0.25) is 0 Å². The molecule has 1 heterocycles. The van der Waals surface area contributed by atoms with E-state index < -0.39 is 11.6 Å². The van der Waals surface area contributed by atoms with Crippen LogP contribution in [-0.2, 0) is 0 Å². The van der Waals surface area contributed by atoms with Crippen molar-refractivity contribution in [3.05, 3.63) is 29.8 Å². The molecule has 1 aromatic carbocycles. The molecule has 0 radical (unpaired) electrons. The molecule has 1 atom stereocenters. The lowest BCUT2D eigenvalue weighted by Crippen LogP contribution is -2.37. The molecule has 1 unspecified atom stereocenters. The zero-order chi connectivity index (χ0) is 16.7. The van der Waals surface area contributed by atoms with Crippen LogP contribution in [0.4, 0.5) is 8.78 Å². The van der Waals surface area contributed by atoms with Crippen molar-refractivity contribution >= 4 is 29.9 Å². The molecule has 1 aliphatic heterocycles. The van der Waals surface area contributed by atoms with E-state index in [0.29, 0.717) is 25.1 Å². The summed E-state index contributed by atoms with van der Waals surface area (Å²) in [4.78, 5) is 6.74. The van der Waals surface area contributed by atoms with Gasteiger partial charge in [0.05, 0.1) is 13.1 Å². The van der Waals surface area contributed by atoms with Gasteiger partial charge in [0.2, 0.25) is 0 Å². The van der Waals surface area contributed by atoms with Gasteiger partial charge in [-0.1, -0.05) is 6.92 Å². The van der Waals surface area contributed by atoms with Crippen LogP contribution in [0.25, 0.3) is 0 Å². The summed E-state index contributed by atoms with van der Waals surface area (Å²) in [7, 11) is 0. The molecule has 1 aromatic rings. The third kappa shape index (κ3) is 6.39. The maximum Gasteiger partial charge on any atom is 0.188 e. The minimum Gasteiger partial charge on any atom is -0.489 e. The van der Waals surface area contributed by atoms with Crippen LogP contribution in [0.5, 0.6) is 5.75 Å². The van der Waals surface area contributed by atoms with Crippen molar-refractivity contribution in [1.82, 2.24) is 10.2 Å². The highest BCUT2D eigenvalue weighted by Crippen LogP contribution is 2.17. The van der Waals surface area contributed by atoms with E-state index >= 15 is 0 Å². The molecule has 2 rings (SSSR count). The molecule has 0 spiro atoms. The normalized spacial score (nSPS) is 18.3. The van der Waals surface area contributed by atoms with Gasteiger partial charge < -0.3 is 15.8 Å². The summed E-state index contributed by atoms with van der Waals surface area (Å²) >= 11 is 0. The molecule has 24 heavy (non-hydrogen) atoms. The molecule has 0 amide bonds. The Kier molecular flexibility index (Phi) is 9.27. The smallest absolute Gasteiger partial charge is 0.188 e. The number of nitrogens with two attached hydrogens (primary N) is 1. The highest BCUT2D eigenvalue weighted by Gasteiger charge is 2.22. The van der Waals surface area contributed by atoms with Crippen molar-refractivity contribution in [1.29, 1.82) is 0 Å². The third-order valence-corrected chi connectivity index (χ3v) is 3.94. The van der Waals surface area contributed by atoms with E-state index in [4.69, 9.17) is 10.5 Å². The number of hydrogen-bond acceptors (Lipinski definition) is 3. The molecule has 5 nitrogen and oxygen atoms in total. The largest absolute Gasteiger partial charge is 0.489 e. The number of nitrogens with one attached hydrogen (secondary N) is 1. The standard InChI is InChI=1S/C16H24F2N4O.HI/c1-2-22-8-3-4-13(22)11-21-16(19)20-7-9-23-15-6-5-12(17)10-14(15)18;/h5-6,10,13H,2-4,7-9,11H2,1H3,(H3,19,20,21);1H. The van der Waals surface area contributed by atoms with Crippen LogP contribution in [0.15, 0.2) is 23.2 Å². The molecule has 1 fully saturated rings. The predicted octanol–water partition coefficient (Wildman–Crippen LogP) is 2.35. The average molecular weight is 454 g/mol. The van der Waals surface area contributed by atoms with Crippen LogP contribution in [0.3, 0.4) is 0 Å². The first-order chi connectivity index (χ1) is 11.1. The number of benzene rings is 1. The highest BCUT2D eigenvalue weighted by atomic mass is 127. The lowest BCUT2D eigenvalue weighted by molar-refractivity contribution is 0.273. The molecule has 136 valence electrons. The Morgan fingerprint density at radius 2 is 2.25 bits per heavy atom. The van der Waals surface area contributed by atoms with Crippen molar-refractivity contribution in [3.8, 4) is 5.75 Å². The van der Waals surface area contributed by atoms with Crippen molar-refractivity contribution < 1.29 is 13.5 Å². The van der Waals surface area contributed by atoms with Crippen molar-refractivity contribution in [2.75, 3.05) is 32.8 Å². The highest BCUT2D eigenvalue weighted by molar-refractivity contribution is 14.0. The second kappa shape index (κ2) is 10.7. The zero-order valence-corrected chi connectivity index (χ0v) is 16.1. The number of ether oxygens (including phenoxy) is 1. The Bertz CT molecular complexity index is 545. The Morgan fingerprint density at radius 3 is 2.96 bits per heavy atom. The Labute approximate surface area is 158 Å². The molecule has 0 aliphatic carbocycles. The van der Waals surface area contributed by atoms with Gasteiger partial charge >= 0.3 is 0 Å². The SMILES string of the molecule is CCN1CCCC1CN=C(N)NCCOc1ccc(F)cc1F.I. The lowest BCUT2D eigenvalue weighted by atomic mass is 10.2. The van der Waals surface area contributed by atoms with Gasteiger partial charge in [0, 0.05) is 12.1 Å². The Hall–Kier alpha value is -1.16. The second-order valence-electron chi connectivity index (χ2n) is 5.50. The van der Waals surface area contributed by atoms with Gasteiger partial charge in [0.25, 0.3) is 0 Å². The number of likely N-dealkylation sites (N-methyl/N-ethyl adjacent to an activating group) is 1. The van der Waals surface area contributed by atoms with E-state index in [2.05, 4.69) is 22.1 Å². The summed E-state index contributed by atoms with van der Waals surface area (Å²) < 4.78 is 31.4. The molecular formula is C16H25F2IN4O. The number of aliphatic imine (C=N–C) groups is 1. The maximum atomic E-state index is 13.4. The van der Waals surface area contributed by atoms with Crippen LogP contribution < -0.4 is 15.8 Å². The van der Waals surface area contributed by atoms with E-state index in [1.54, 1.807) is 0 Å². The number of hydrogen-bond donors (Lipinski definition) is 2. The average Bonchev–Trinajstić information content (AvgIpc) is 2.98. The van der Waals surface area contributed by atoms with Crippen LogP contribution in [-0.4, -0.2) is 49.7 Å². The van der Waals surface area contributed by atoms with Gasteiger partial charge in [-0.15, -0.1) is 24.0 Å². The number of nitrogens with zero attached hydrogens (tertiary/aromatic N) is 2. The van der Waals surface area contributed by atoms with Crippen LogP contribution in [0, 0.1) is 11.6 Å². The summed E-state index contributed by atoms with van der Waals surface area (Å²) in [5.41, 5.74) is 5.81. The van der Waals surface area contributed by atoms with E-state index in [1.165, 1.54) is 12.5 Å². The van der Waals surface area contributed by atoms with E-state index in [-0.39, 0.29) is 36.3 Å². The summed E-state index contributed by atoms with van der Waals surface area (Å²) in [6, 6.07) is 3.68. The van der Waals surface area contributed by atoms with Gasteiger partial charge in [-0.3, -0.25) is 9.89 Å². The first-order valence-electron chi connectivity index (χ1n) is 7.96. The first-order valence-corrected chi connectivity index (χ1v) is 7.96. The van der Waals surface area contributed by atoms with Crippen molar-refractivity contribution in [2.45, 2.75) is 25.8 Å². The third-order valence-electron chi connectivity index (χ3n) is 3.94. The van der Waals surface area contributed by atoms with Gasteiger partial charge in [0.15, 0.2) is 17.5 Å². The van der Waals surface area contributed by atoms with Crippen LogP contribution in [0.1, 0.15) is 19.8 Å². The predicted molar refractivity (Wildman–Crippen MR) is 102 cm³/mol. The molecule has 1 aliphatic rings. The van der Waals surface area contributed by atoms with E-state index in [9.17, 15) is 8.78 Å². The number of halogens is 3. The molecular weight excluding hydrogens is 429 g/mol. The van der Waals surface area contributed by atoms with Gasteiger partial charge in [0.1, 0.15) is 12.4 Å². The topological polar surface area (TPSA) is 62.9 Å². The lowest BCUT2D eigenvalue weighted by Gasteiger charge is -2.20. The zero-order valence-electron chi connectivity index (χ0n) is 13.8. The molecule has 8 heteroatoms. The van der Waals surface area contributed by atoms with Crippen molar-refractivity contribution in [3.63, 3.8) is 0 Å². The van der Waals surface area contributed by atoms with Crippen LogP contribution >= 0.6 is 24.0 Å². The van der Waals surface area contributed by atoms with Crippen molar-refractivity contribution in [2.24, 2.45) is 10.7 Å². The molecule has 0 saturated carbocycles. The van der Waals surface area contributed by atoms with Gasteiger partial charge in [-0.05, 0) is 38.1 Å². The van der Waals surface area contributed by atoms with Gasteiger partial charge in [-0.2, -0.15) is 0 Å². The fourth-order valence-corrected chi connectivity index (χ4v) is 2.71. The Balaban J connectivity index is 0.00000288. The van der Waals surface area contributed by atoms with E-state index in [1.807, 2.05) is 0 Å². The Morgan fingerprint density at radius 1 is 1.46 bits per heavy atom. The molecule has 1 saturated heterocycles. The minimum absolute atomic E-state index is 0. The fraction of sp³-hybridized carbons (Fsp3) is 0.562. The number of rotatable bonds is 7. The summed E-state index contributed by atoms with van der Waals surface area (Å²) in [5, 5.41) is 2.93. The maximum absolute atomic E-state index is 13.4. The second-order valence-corrected chi connectivity index (χ2v) is 5.50. The minimum atomic E-state index is -0.715. The number of guanidine groups is 1.